The molecule has 1 N–H and O–H groups in total. The Morgan fingerprint density at radius 1 is 1.18 bits per heavy atom. The molecule has 1 aromatic rings. The van der Waals surface area contributed by atoms with Crippen molar-refractivity contribution in [2.24, 2.45) is 0 Å². The van der Waals surface area contributed by atoms with Crippen molar-refractivity contribution in [2.75, 3.05) is 20.3 Å². The monoisotopic (exact) mass is 587 g/mol. The predicted octanol–water partition coefficient (Wildman–Crippen LogP) is 4.91. The number of hydrogen-bond acceptors (Lipinski definition) is 9. The van der Waals surface area contributed by atoms with Gasteiger partial charge in [0, 0.05) is 6.61 Å². The van der Waals surface area contributed by atoms with Gasteiger partial charge < -0.3 is 33.1 Å². The first-order valence-corrected chi connectivity index (χ1v) is 19.1. The molecule has 1 saturated heterocycles. The highest BCUT2D eigenvalue weighted by Gasteiger charge is 2.34. The standard InChI is InChI=1S/C26H45BO8PSSi/c1-6-31-26(29)17-25(35-38(3,4)5)16-24-14-20(28)13-23(34-24)15-22(11-12-33-27-36-37)32-18-19-7-9-21(30-2)10-8-19/h7-10,20,22-25,28,36-37H,6,11-18H2,1-5H3/t20-,22-,23-,24+,25+/m0/s1. The Morgan fingerprint density at radius 2 is 1.84 bits per heavy atom. The van der Waals surface area contributed by atoms with Crippen LogP contribution in [0, 0.1) is 0 Å². The van der Waals surface area contributed by atoms with E-state index in [1.165, 1.54) is 0 Å². The summed E-state index contributed by atoms with van der Waals surface area (Å²) in [5.74, 6) is 0.533. The molecule has 0 amide bonds. The van der Waals surface area contributed by atoms with E-state index >= 15 is 0 Å². The van der Waals surface area contributed by atoms with E-state index in [2.05, 4.69) is 31.9 Å². The summed E-state index contributed by atoms with van der Waals surface area (Å²) in [4.78, 5) is 12.2. The van der Waals surface area contributed by atoms with Crippen LogP contribution in [0.2, 0.25) is 19.6 Å². The summed E-state index contributed by atoms with van der Waals surface area (Å²) in [5.41, 5.74) is 1.05. The minimum atomic E-state index is -1.90. The largest absolute Gasteiger partial charge is 0.497 e. The third-order valence-corrected chi connectivity index (χ3v) is 7.69. The Bertz CT molecular complexity index is 800. The Balaban J connectivity index is 2.01. The number of carbonyl (C=O) groups is 1. The smallest absolute Gasteiger partial charge is 0.332 e. The van der Waals surface area contributed by atoms with Crippen LogP contribution in [-0.4, -0.2) is 77.4 Å². The third-order valence-electron chi connectivity index (χ3n) is 6.06. The van der Waals surface area contributed by atoms with Crippen LogP contribution in [-0.2, 0) is 34.7 Å². The second kappa shape index (κ2) is 17.9. The Hall–Kier alpha value is -0.648. The summed E-state index contributed by atoms with van der Waals surface area (Å²) in [6, 6.07) is 7.81. The summed E-state index contributed by atoms with van der Waals surface area (Å²) in [7, 11) is 1.76. The molecule has 1 radical (unpaired) electrons. The zero-order valence-electron chi connectivity index (χ0n) is 23.4. The average molecular weight is 588 g/mol. The molecule has 0 aliphatic carbocycles. The molecule has 1 heterocycles. The fourth-order valence-corrected chi connectivity index (χ4v) is 6.15. The van der Waals surface area contributed by atoms with Gasteiger partial charge in [-0.25, -0.2) is 0 Å². The highest BCUT2D eigenvalue weighted by molar-refractivity contribution is 8.46. The quantitative estimate of drug-likeness (QED) is 0.0824. The molecule has 1 aliphatic heterocycles. The maximum absolute atomic E-state index is 12.2. The first-order valence-electron chi connectivity index (χ1n) is 13.4. The molecule has 1 fully saturated rings. The second-order valence-corrected chi connectivity index (χ2v) is 16.3. The Morgan fingerprint density at radius 3 is 2.42 bits per heavy atom. The number of aliphatic hydroxyl groups is 1. The number of carbonyl (C=O) groups excluding carboxylic acids is 1. The van der Waals surface area contributed by atoms with Gasteiger partial charge in [0.15, 0.2) is 8.32 Å². The third kappa shape index (κ3) is 14.1. The summed E-state index contributed by atoms with van der Waals surface area (Å²) >= 11 is 4.18. The van der Waals surface area contributed by atoms with E-state index in [9.17, 15) is 9.90 Å². The van der Waals surface area contributed by atoms with Gasteiger partial charge in [-0.1, -0.05) is 19.8 Å². The minimum absolute atomic E-state index is 0.113. The molecule has 12 heteroatoms. The van der Waals surface area contributed by atoms with E-state index in [1.54, 1.807) is 21.2 Å². The van der Waals surface area contributed by atoms with E-state index in [0.717, 1.165) is 11.3 Å². The number of hydrogen-bond donors (Lipinski definition) is 2. The van der Waals surface area contributed by atoms with E-state index in [0.29, 0.717) is 59.6 Å². The van der Waals surface area contributed by atoms with Crippen LogP contribution >= 0.6 is 19.9 Å². The Labute approximate surface area is 237 Å². The average Bonchev–Trinajstić information content (AvgIpc) is 2.84. The van der Waals surface area contributed by atoms with E-state index < -0.39 is 14.4 Å². The Kier molecular flexibility index (Phi) is 15.8. The lowest BCUT2D eigenvalue weighted by molar-refractivity contribution is -0.147. The summed E-state index contributed by atoms with van der Waals surface area (Å²) < 4.78 is 35.0. The molecule has 6 atom stereocenters. The minimum Gasteiger partial charge on any atom is -0.497 e. The SMILES string of the molecule is CCOC(=O)C[C@@H](C[C@H]1C[C@@H](O)C[C@@H](C[C@H](CCO[B]PS)OCc2ccc(OC)cc2)O1)O[Si](C)(C)C. The summed E-state index contributed by atoms with van der Waals surface area (Å²) in [5, 5.41) is 10.7. The number of benzene rings is 1. The molecule has 1 aliphatic rings. The molecule has 0 saturated carbocycles. The fourth-order valence-electron chi connectivity index (χ4n) is 4.56. The van der Waals surface area contributed by atoms with Gasteiger partial charge in [0.25, 0.3) is 0 Å². The molecule has 0 bridgehead atoms. The van der Waals surface area contributed by atoms with Gasteiger partial charge in [0.2, 0.25) is 0 Å². The first kappa shape index (κ1) is 33.6. The van der Waals surface area contributed by atoms with Crippen LogP contribution in [0.3, 0.4) is 0 Å². The molecule has 0 spiro atoms. The number of methoxy groups -OCH3 is 1. The van der Waals surface area contributed by atoms with E-state index in [1.807, 2.05) is 24.3 Å². The van der Waals surface area contributed by atoms with Crippen molar-refractivity contribution in [1.29, 1.82) is 0 Å². The highest BCUT2D eigenvalue weighted by Crippen LogP contribution is 2.29. The fraction of sp³-hybridized carbons (Fsp3) is 0.731. The molecular formula is C26H45BO8PSSi. The number of aliphatic hydroxyl groups excluding tert-OH is 1. The first-order chi connectivity index (χ1) is 18.1. The normalized spacial score (nSPS) is 21.8. The van der Waals surface area contributed by atoms with E-state index in [4.69, 9.17) is 28.0 Å². The zero-order valence-corrected chi connectivity index (χ0v) is 26.3. The predicted molar refractivity (Wildman–Crippen MR) is 158 cm³/mol. The van der Waals surface area contributed by atoms with Crippen LogP contribution in [0.4, 0.5) is 0 Å². The van der Waals surface area contributed by atoms with Crippen molar-refractivity contribution in [3.63, 3.8) is 0 Å². The van der Waals surface area contributed by atoms with Crippen molar-refractivity contribution in [1.82, 2.24) is 0 Å². The topological polar surface area (TPSA) is 92.7 Å². The number of thiol groups is 1. The van der Waals surface area contributed by atoms with Crippen LogP contribution in [0.5, 0.6) is 5.75 Å². The molecule has 215 valence electrons. The van der Waals surface area contributed by atoms with Crippen LogP contribution in [0.25, 0.3) is 0 Å². The molecule has 1 unspecified atom stereocenters. The molecule has 8 nitrogen and oxygen atoms in total. The van der Waals surface area contributed by atoms with Gasteiger partial charge in [-0.05, 0) is 76.4 Å². The number of ether oxygens (including phenoxy) is 4. The molecule has 38 heavy (non-hydrogen) atoms. The second-order valence-electron chi connectivity index (χ2n) is 10.5. The number of esters is 1. The molecular weight excluding hydrogens is 542 g/mol. The van der Waals surface area contributed by atoms with Crippen molar-refractivity contribution >= 4 is 41.4 Å². The van der Waals surface area contributed by atoms with E-state index in [-0.39, 0.29) is 36.8 Å². The number of rotatable bonds is 18. The zero-order chi connectivity index (χ0) is 28.0. The maximum Gasteiger partial charge on any atom is 0.332 e. The molecule has 1 aromatic carbocycles. The molecule has 2 rings (SSSR count). The van der Waals surface area contributed by atoms with Gasteiger partial charge in [-0.15, -0.1) is 0 Å². The molecule has 0 aromatic heterocycles. The van der Waals surface area contributed by atoms with Crippen molar-refractivity contribution in [3.05, 3.63) is 29.8 Å². The lowest BCUT2D eigenvalue weighted by atomic mass is 9.93. The van der Waals surface area contributed by atoms with Crippen LogP contribution in [0.15, 0.2) is 24.3 Å². The highest BCUT2D eigenvalue weighted by atomic mass is 32.7. The summed E-state index contributed by atoms with van der Waals surface area (Å²) in [6.45, 7) is 9.41. The van der Waals surface area contributed by atoms with Crippen molar-refractivity contribution in [2.45, 2.75) is 102 Å². The lowest BCUT2D eigenvalue weighted by Crippen LogP contribution is -2.42. The van der Waals surface area contributed by atoms with Crippen LogP contribution in [0.1, 0.15) is 51.0 Å². The summed E-state index contributed by atoms with van der Waals surface area (Å²) in [6.07, 6.45) is 1.83. The van der Waals surface area contributed by atoms with Crippen LogP contribution < -0.4 is 4.74 Å². The van der Waals surface area contributed by atoms with Gasteiger partial charge in [-0.2, -0.15) is 12.2 Å². The lowest BCUT2D eigenvalue weighted by Gasteiger charge is -2.37. The van der Waals surface area contributed by atoms with Gasteiger partial charge in [0.1, 0.15) is 5.75 Å². The van der Waals surface area contributed by atoms with Crippen molar-refractivity contribution in [3.8, 4) is 5.75 Å². The van der Waals surface area contributed by atoms with Gasteiger partial charge in [0.05, 0.1) is 57.3 Å². The van der Waals surface area contributed by atoms with Crippen molar-refractivity contribution < 1.29 is 37.9 Å². The van der Waals surface area contributed by atoms with Gasteiger partial charge >= 0.3 is 13.2 Å². The van der Waals surface area contributed by atoms with Gasteiger partial charge in [-0.3, -0.25) is 4.79 Å². The maximum atomic E-state index is 12.2.